The minimum absolute atomic E-state index is 0.195. The van der Waals surface area contributed by atoms with Gasteiger partial charge in [0.05, 0.1) is 6.04 Å². The largest absolute Gasteiger partial charge is 0.361 e. The van der Waals surface area contributed by atoms with Crippen LogP contribution >= 0.6 is 0 Å². The Morgan fingerprint density at radius 2 is 1.96 bits per heavy atom. The molecule has 0 radical (unpaired) electrons. The summed E-state index contributed by atoms with van der Waals surface area (Å²) >= 11 is 0. The number of hydrogen-bond acceptors (Lipinski definition) is 1. The van der Waals surface area contributed by atoms with E-state index in [4.69, 9.17) is 0 Å². The summed E-state index contributed by atoms with van der Waals surface area (Å²) in [5.41, 5.74) is 3.11. The number of rotatable bonds is 6. The Bertz CT molecular complexity index is 933. The van der Waals surface area contributed by atoms with Gasteiger partial charge in [0.25, 0.3) is 0 Å². The van der Waals surface area contributed by atoms with Gasteiger partial charge in [0.2, 0.25) is 0 Å². The second-order valence-electron chi connectivity index (χ2n) is 6.50. The summed E-state index contributed by atoms with van der Waals surface area (Å²) in [6, 6.07) is 12.0. The number of benzene rings is 2. The SMILES string of the molecule is CN=C(NCCCc1c[nH]c2ccccc12)NC(C)c1ccc(F)c(F)c1. The van der Waals surface area contributed by atoms with Gasteiger partial charge in [-0.1, -0.05) is 24.3 Å². The van der Waals surface area contributed by atoms with E-state index in [9.17, 15) is 8.78 Å². The highest BCUT2D eigenvalue weighted by molar-refractivity contribution is 5.83. The summed E-state index contributed by atoms with van der Waals surface area (Å²) in [4.78, 5) is 7.49. The van der Waals surface area contributed by atoms with Crippen molar-refractivity contribution < 1.29 is 8.78 Å². The van der Waals surface area contributed by atoms with E-state index in [0.717, 1.165) is 31.0 Å². The van der Waals surface area contributed by atoms with Gasteiger partial charge in [0, 0.05) is 30.7 Å². The van der Waals surface area contributed by atoms with Crippen LogP contribution in [0.25, 0.3) is 10.9 Å². The number of fused-ring (bicyclic) bond motifs is 1. The Labute approximate surface area is 157 Å². The van der Waals surface area contributed by atoms with E-state index >= 15 is 0 Å². The fourth-order valence-corrected chi connectivity index (χ4v) is 3.09. The van der Waals surface area contributed by atoms with Gasteiger partial charge >= 0.3 is 0 Å². The zero-order valence-electron chi connectivity index (χ0n) is 15.5. The van der Waals surface area contributed by atoms with Crippen molar-refractivity contribution in [3.8, 4) is 0 Å². The highest BCUT2D eigenvalue weighted by atomic mass is 19.2. The van der Waals surface area contributed by atoms with E-state index in [2.05, 4.69) is 38.9 Å². The van der Waals surface area contributed by atoms with Crippen molar-refractivity contribution in [1.82, 2.24) is 15.6 Å². The van der Waals surface area contributed by atoms with Crippen LogP contribution in [0.3, 0.4) is 0 Å². The first-order valence-corrected chi connectivity index (χ1v) is 9.05. The zero-order valence-corrected chi connectivity index (χ0v) is 15.5. The Morgan fingerprint density at radius 1 is 1.15 bits per heavy atom. The molecule has 2 aromatic carbocycles. The number of nitrogens with zero attached hydrogens (tertiary/aromatic N) is 1. The van der Waals surface area contributed by atoms with Gasteiger partial charge < -0.3 is 15.6 Å². The average molecular weight is 370 g/mol. The summed E-state index contributed by atoms with van der Waals surface area (Å²) in [7, 11) is 1.69. The van der Waals surface area contributed by atoms with Crippen LogP contribution in [0.4, 0.5) is 8.78 Å². The fourth-order valence-electron chi connectivity index (χ4n) is 3.09. The molecule has 0 aliphatic rings. The summed E-state index contributed by atoms with van der Waals surface area (Å²) in [6.07, 6.45) is 3.96. The molecular weight excluding hydrogens is 346 g/mol. The van der Waals surface area contributed by atoms with Crippen LogP contribution in [-0.2, 0) is 6.42 Å². The molecule has 0 saturated carbocycles. The normalized spacial score (nSPS) is 13.0. The maximum Gasteiger partial charge on any atom is 0.191 e. The van der Waals surface area contributed by atoms with Gasteiger partial charge in [-0.2, -0.15) is 0 Å². The van der Waals surface area contributed by atoms with Crippen molar-refractivity contribution in [3.05, 3.63) is 71.4 Å². The van der Waals surface area contributed by atoms with E-state index in [1.54, 1.807) is 13.1 Å². The summed E-state index contributed by atoms with van der Waals surface area (Å²) < 4.78 is 26.5. The average Bonchev–Trinajstić information content (AvgIpc) is 3.09. The summed E-state index contributed by atoms with van der Waals surface area (Å²) in [5.74, 6) is -1.06. The summed E-state index contributed by atoms with van der Waals surface area (Å²) in [5, 5.41) is 7.72. The first-order valence-electron chi connectivity index (χ1n) is 9.05. The smallest absolute Gasteiger partial charge is 0.191 e. The molecule has 27 heavy (non-hydrogen) atoms. The number of nitrogens with one attached hydrogen (secondary N) is 3. The van der Waals surface area contributed by atoms with Crippen LogP contribution < -0.4 is 10.6 Å². The van der Waals surface area contributed by atoms with Crippen molar-refractivity contribution in [2.24, 2.45) is 4.99 Å². The number of aromatic nitrogens is 1. The van der Waals surface area contributed by atoms with Crippen LogP contribution in [0, 0.1) is 11.6 Å². The topological polar surface area (TPSA) is 52.2 Å². The lowest BCUT2D eigenvalue weighted by Gasteiger charge is -2.18. The maximum atomic E-state index is 13.4. The number of aliphatic imine (C=N–C) groups is 1. The van der Waals surface area contributed by atoms with Gasteiger partial charge in [0.15, 0.2) is 17.6 Å². The lowest BCUT2D eigenvalue weighted by molar-refractivity contribution is 0.504. The summed E-state index contributed by atoms with van der Waals surface area (Å²) in [6.45, 7) is 2.63. The number of para-hydroxylation sites is 1. The number of aryl methyl sites for hydroxylation is 1. The molecule has 0 aliphatic carbocycles. The number of halogens is 2. The quantitative estimate of drug-likeness (QED) is 0.344. The standard InChI is InChI=1S/C21H24F2N4/c1-14(15-9-10-18(22)19(23)12-15)27-21(24-2)25-11-5-6-16-13-26-20-8-4-3-7-17(16)20/h3-4,7-10,12-14,26H,5-6,11H2,1-2H3,(H2,24,25,27). The van der Waals surface area contributed by atoms with E-state index in [0.29, 0.717) is 11.5 Å². The molecule has 3 rings (SSSR count). The van der Waals surface area contributed by atoms with Crippen LogP contribution in [-0.4, -0.2) is 24.5 Å². The third-order valence-electron chi connectivity index (χ3n) is 4.61. The highest BCUT2D eigenvalue weighted by Gasteiger charge is 2.11. The lowest BCUT2D eigenvalue weighted by atomic mass is 10.1. The van der Waals surface area contributed by atoms with Gasteiger partial charge in [-0.15, -0.1) is 0 Å². The Hall–Kier alpha value is -2.89. The van der Waals surface area contributed by atoms with Crippen molar-refractivity contribution in [3.63, 3.8) is 0 Å². The third-order valence-corrected chi connectivity index (χ3v) is 4.61. The molecule has 0 spiro atoms. The Kier molecular flexibility index (Phi) is 6.06. The lowest BCUT2D eigenvalue weighted by Crippen LogP contribution is -2.39. The van der Waals surface area contributed by atoms with Crippen molar-refractivity contribution >= 4 is 16.9 Å². The second-order valence-corrected chi connectivity index (χ2v) is 6.50. The van der Waals surface area contributed by atoms with Crippen LogP contribution in [0.1, 0.15) is 30.5 Å². The van der Waals surface area contributed by atoms with Gasteiger partial charge in [0.1, 0.15) is 0 Å². The van der Waals surface area contributed by atoms with Crippen molar-refractivity contribution in [1.29, 1.82) is 0 Å². The molecule has 1 heterocycles. The van der Waals surface area contributed by atoms with Gasteiger partial charge in [-0.3, -0.25) is 4.99 Å². The molecule has 3 N–H and O–H groups in total. The van der Waals surface area contributed by atoms with Crippen LogP contribution in [0.5, 0.6) is 0 Å². The molecule has 0 fully saturated rings. The zero-order chi connectivity index (χ0) is 19.2. The molecule has 1 atom stereocenters. The molecule has 3 aromatic rings. The van der Waals surface area contributed by atoms with Crippen LogP contribution in [0.15, 0.2) is 53.7 Å². The fraction of sp³-hybridized carbons (Fsp3) is 0.286. The number of hydrogen-bond donors (Lipinski definition) is 3. The molecule has 1 unspecified atom stereocenters. The predicted octanol–water partition coefficient (Wildman–Crippen LogP) is 4.30. The highest BCUT2D eigenvalue weighted by Crippen LogP contribution is 2.19. The minimum atomic E-state index is -0.845. The molecule has 142 valence electrons. The monoisotopic (exact) mass is 370 g/mol. The third kappa shape index (κ3) is 4.64. The molecule has 6 heteroatoms. The van der Waals surface area contributed by atoms with E-state index in [1.165, 1.54) is 17.0 Å². The van der Waals surface area contributed by atoms with Crippen LogP contribution in [0.2, 0.25) is 0 Å². The Balaban J connectivity index is 1.49. The van der Waals surface area contributed by atoms with Crippen molar-refractivity contribution in [2.75, 3.05) is 13.6 Å². The Morgan fingerprint density at radius 3 is 2.74 bits per heavy atom. The molecule has 0 aliphatic heterocycles. The van der Waals surface area contributed by atoms with E-state index in [-0.39, 0.29) is 6.04 Å². The van der Waals surface area contributed by atoms with Crippen molar-refractivity contribution in [2.45, 2.75) is 25.8 Å². The molecule has 1 aromatic heterocycles. The predicted molar refractivity (Wildman–Crippen MR) is 106 cm³/mol. The minimum Gasteiger partial charge on any atom is -0.361 e. The molecular formula is C21H24F2N4. The van der Waals surface area contributed by atoms with Gasteiger partial charge in [-0.25, -0.2) is 8.78 Å². The molecule has 4 nitrogen and oxygen atoms in total. The number of aromatic amines is 1. The van der Waals surface area contributed by atoms with E-state index in [1.807, 2.05) is 19.1 Å². The molecule has 0 saturated heterocycles. The number of H-pyrrole nitrogens is 1. The van der Waals surface area contributed by atoms with E-state index < -0.39 is 11.6 Å². The first-order chi connectivity index (χ1) is 13.1. The van der Waals surface area contributed by atoms with Gasteiger partial charge in [-0.05, 0) is 49.1 Å². The molecule has 0 amide bonds. The maximum absolute atomic E-state index is 13.4. The number of guanidine groups is 1. The first kappa shape index (κ1) is 18.9. The molecule has 0 bridgehead atoms. The second kappa shape index (κ2) is 8.66.